The molecule has 18 heavy (non-hydrogen) atoms. The molecule has 1 heterocycles. The van der Waals surface area contributed by atoms with Crippen LogP contribution in [0.4, 0.5) is 13.2 Å². The van der Waals surface area contributed by atoms with Gasteiger partial charge in [-0.1, -0.05) is 12.1 Å². The Bertz CT molecular complexity index is 521. The summed E-state index contributed by atoms with van der Waals surface area (Å²) in [6, 6.07) is 5.51. The first-order chi connectivity index (χ1) is 8.42. The van der Waals surface area contributed by atoms with Crippen molar-refractivity contribution in [2.75, 3.05) is 0 Å². The molecule has 5 nitrogen and oxygen atoms in total. The molecule has 0 atom stereocenters. The number of hydrogen-bond donors (Lipinski definition) is 0. The fourth-order valence-corrected chi connectivity index (χ4v) is 1.35. The van der Waals surface area contributed by atoms with Gasteiger partial charge in [-0.25, -0.2) is 0 Å². The van der Waals surface area contributed by atoms with Gasteiger partial charge in [0.25, 0.3) is 0 Å². The number of nitrogens with zero attached hydrogens (tertiary/aromatic N) is 4. The zero-order chi connectivity index (χ0) is 13.2. The maximum atomic E-state index is 11.9. The van der Waals surface area contributed by atoms with E-state index in [1.54, 1.807) is 6.92 Å². The first-order valence-corrected chi connectivity index (χ1v) is 5.01. The summed E-state index contributed by atoms with van der Waals surface area (Å²) in [5.74, 6) is 0.279. The molecular weight excluding hydrogens is 249 g/mol. The third-order valence-electron chi connectivity index (χ3n) is 2.03. The molecule has 0 bridgehead atoms. The molecule has 0 aliphatic heterocycles. The molecule has 0 saturated heterocycles. The van der Waals surface area contributed by atoms with Crippen molar-refractivity contribution in [1.29, 1.82) is 0 Å². The van der Waals surface area contributed by atoms with Gasteiger partial charge in [-0.15, -0.1) is 23.4 Å². The lowest BCUT2D eigenvalue weighted by atomic mass is 10.2. The Balaban J connectivity index is 2.04. The van der Waals surface area contributed by atoms with Crippen LogP contribution in [0.5, 0.6) is 5.75 Å². The highest BCUT2D eigenvalue weighted by Crippen LogP contribution is 2.22. The standard InChI is InChI=1S/C10H9F3N4O/c1-7-14-16-17(15-7)6-8-2-4-9(5-3-8)18-10(11,12)13/h2-5H,6H2,1H3. The smallest absolute Gasteiger partial charge is 0.406 e. The van der Waals surface area contributed by atoms with Gasteiger partial charge in [0.2, 0.25) is 0 Å². The van der Waals surface area contributed by atoms with E-state index in [9.17, 15) is 13.2 Å². The number of alkyl halides is 3. The van der Waals surface area contributed by atoms with E-state index < -0.39 is 6.36 Å². The molecule has 0 saturated carbocycles. The highest BCUT2D eigenvalue weighted by Gasteiger charge is 2.30. The van der Waals surface area contributed by atoms with Crippen LogP contribution in [-0.4, -0.2) is 26.6 Å². The minimum absolute atomic E-state index is 0.256. The molecule has 2 rings (SSSR count). The van der Waals surface area contributed by atoms with Crippen molar-refractivity contribution in [1.82, 2.24) is 20.2 Å². The molecule has 0 spiro atoms. The molecule has 8 heteroatoms. The molecular formula is C10H9F3N4O. The summed E-state index contributed by atoms with van der Waals surface area (Å²) in [5, 5.41) is 11.4. The van der Waals surface area contributed by atoms with Crippen molar-refractivity contribution in [3.63, 3.8) is 0 Å². The zero-order valence-corrected chi connectivity index (χ0v) is 9.35. The van der Waals surface area contributed by atoms with Crippen molar-refractivity contribution >= 4 is 0 Å². The van der Waals surface area contributed by atoms with Gasteiger partial charge in [-0.2, -0.15) is 4.80 Å². The van der Waals surface area contributed by atoms with Crippen LogP contribution in [0.3, 0.4) is 0 Å². The summed E-state index contributed by atoms with van der Waals surface area (Å²) < 4.78 is 39.6. The third kappa shape index (κ3) is 3.44. The minimum atomic E-state index is -4.67. The Labute approximate surface area is 100 Å². The summed E-state index contributed by atoms with van der Waals surface area (Å²) >= 11 is 0. The highest BCUT2D eigenvalue weighted by atomic mass is 19.4. The summed E-state index contributed by atoms with van der Waals surface area (Å²) in [4.78, 5) is 1.36. The molecule has 2 aromatic rings. The molecule has 0 radical (unpaired) electrons. The number of tetrazole rings is 1. The summed E-state index contributed by atoms with van der Waals surface area (Å²) in [5.41, 5.74) is 0.752. The van der Waals surface area contributed by atoms with Gasteiger partial charge >= 0.3 is 6.36 Å². The van der Waals surface area contributed by atoms with Gasteiger partial charge in [-0.3, -0.25) is 0 Å². The van der Waals surface area contributed by atoms with E-state index in [2.05, 4.69) is 20.1 Å². The largest absolute Gasteiger partial charge is 0.573 e. The second-order valence-corrected chi connectivity index (χ2v) is 3.56. The predicted molar refractivity (Wildman–Crippen MR) is 54.8 cm³/mol. The number of aromatic nitrogens is 4. The Morgan fingerprint density at radius 3 is 2.39 bits per heavy atom. The minimum Gasteiger partial charge on any atom is -0.406 e. The van der Waals surface area contributed by atoms with Gasteiger partial charge in [0.1, 0.15) is 5.75 Å². The topological polar surface area (TPSA) is 52.8 Å². The van der Waals surface area contributed by atoms with Crippen LogP contribution in [-0.2, 0) is 6.54 Å². The molecule has 0 unspecified atom stereocenters. The SMILES string of the molecule is Cc1nnn(Cc2ccc(OC(F)(F)F)cc2)n1. The maximum absolute atomic E-state index is 11.9. The summed E-state index contributed by atoms with van der Waals surface area (Å²) in [6.07, 6.45) is -4.67. The summed E-state index contributed by atoms with van der Waals surface area (Å²) in [7, 11) is 0. The monoisotopic (exact) mass is 258 g/mol. The van der Waals surface area contributed by atoms with E-state index in [0.717, 1.165) is 5.56 Å². The lowest BCUT2D eigenvalue weighted by Crippen LogP contribution is -2.17. The lowest BCUT2D eigenvalue weighted by Gasteiger charge is -2.08. The molecule has 0 aliphatic carbocycles. The van der Waals surface area contributed by atoms with Gasteiger partial charge in [0.15, 0.2) is 5.82 Å². The van der Waals surface area contributed by atoms with Gasteiger partial charge in [0, 0.05) is 0 Å². The van der Waals surface area contributed by atoms with E-state index in [4.69, 9.17) is 0 Å². The van der Waals surface area contributed by atoms with Crippen molar-refractivity contribution in [3.8, 4) is 5.75 Å². The van der Waals surface area contributed by atoms with Crippen molar-refractivity contribution in [3.05, 3.63) is 35.7 Å². The van der Waals surface area contributed by atoms with Crippen LogP contribution in [0.15, 0.2) is 24.3 Å². The summed E-state index contributed by atoms with van der Waals surface area (Å²) in [6.45, 7) is 2.04. The molecule has 1 aromatic carbocycles. The Hall–Kier alpha value is -2.12. The van der Waals surface area contributed by atoms with E-state index in [0.29, 0.717) is 12.4 Å². The van der Waals surface area contributed by atoms with Crippen LogP contribution in [0, 0.1) is 6.92 Å². The molecule has 0 fully saturated rings. The van der Waals surface area contributed by atoms with E-state index in [1.807, 2.05) is 0 Å². The van der Waals surface area contributed by atoms with E-state index in [-0.39, 0.29) is 5.75 Å². The Morgan fingerprint density at radius 2 is 1.89 bits per heavy atom. The Kier molecular flexibility index (Phi) is 3.17. The number of ether oxygens (including phenoxy) is 1. The van der Waals surface area contributed by atoms with Crippen LogP contribution in [0.1, 0.15) is 11.4 Å². The molecule has 96 valence electrons. The normalized spacial score (nSPS) is 11.6. The predicted octanol–water partition coefficient (Wildman–Crippen LogP) is 1.93. The quantitative estimate of drug-likeness (QED) is 0.844. The van der Waals surface area contributed by atoms with Gasteiger partial charge < -0.3 is 4.74 Å². The molecule has 1 aromatic heterocycles. The van der Waals surface area contributed by atoms with Crippen LogP contribution in [0.2, 0.25) is 0 Å². The number of aryl methyl sites for hydroxylation is 1. The highest BCUT2D eigenvalue weighted by molar-refractivity contribution is 5.27. The Morgan fingerprint density at radius 1 is 1.22 bits per heavy atom. The average molecular weight is 258 g/mol. The van der Waals surface area contributed by atoms with Crippen molar-refractivity contribution in [2.45, 2.75) is 19.8 Å². The average Bonchev–Trinajstić information content (AvgIpc) is 2.65. The van der Waals surface area contributed by atoms with Crippen LogP contribution < -0.4 is 4.74 Å². The number of halogens is 3. The van der Waals surface area contributed by atoms with Crippen molar-refractivity contribution in [2.24, 2.45) is 0 Å². The van der Waals surface area contributed by atoms with E-state index in [1.165, 1.54) is 29.1 Å². The first-order valence-electron chi connectivity index (χ1n) is 5.01. The molecule has 0 amide bonds. The first kappa shape index (κ1) is 12.3. The number of hydrogen-bond acceptors (Lipinski definition) is 4. The zero-order valence-electron chi connectivity index (χ0n) is 9.35. The maximum Gasteiger partial charge on any atom is 0.573 e. The fraction of sp³-hybridized carbons (Fsp3) is 0.300. The molecule has 0 N–H and O–H groups in total. The lowest BCUT2D eigenvalue weighted by molar-refractivity contribution is -0.274. The third-order valence-corrected chi connectivity index (χ3v) is 2.03. The van der Waals surface area contributed by atoms with Gasteiger partial charge in [0.05, 0.1) is 6.54 Å². The van der Waals surface area contributed by atoms with E-state index >= 15 is 0 Å². The van der Waals surface area contributed by atoms with Gasteiger partial charge in [-0.05, 0) is 29.8 Å². The molecule has 0 aliphatic rings. The van der Waals surface area contributed by atoms with Crippen LogP contribution in [0.25, 0.3) is 0 Å². The van der Waals surface area contributed by atoms with Crippen molar-refractivity contribution < 1.29 is 17.9 Å². The fourth-order valence-electron chi connectivity index (χ4n) is 1.35. The number of rotatable bonds is 3. The van der Waals surface area contributed by atoms with Crippen LogP contribution >= 0.6 is 0 Å². The number of benzene rings is 1. The second kappa shape index (κ2) is 4.63. The second-order valence-electron chi connectivity index (χ2n) is 3.56.